The number of halogens is 3. The highest BCUT2D eigenvalue weighted by Gasteiger charge is 2.30. The van der Waals surface area contributed by atoms with Crippen molar-refractivity contribution >= 4 is 5.71 Å². The number of nitrogens with one attached hydrogen (secondary N) is 1. The average Bonchev–Trinajstić information content (AvgIpc) is 2.64. The molecule has 0 fully saturated rings. The first-order valence-corrected chi connectivity index (χ1v) is 7.23. The van der Waals surface area contributed by atoms with Crippen molar-refractivity contribution in [3.63, 3.8) is 0 Å². The number of hydrogen-bond acceptors (Lipinski definition) is 1. The fourth-order valence-electron chi connectivity index (χ4n) is 2.93. The van der Waals surface area contributed by atoms with Gasteiger partial charge in [-0.1, -0.05) is 23.3 Å². The fraction of sp³-hybridized carbons (Fsp3) is 0.389. The van der Waals surface area contributed by atoms with Gasteiger partial charge in [-0.05, 0) is 63.0 Å². The van der Waals surface area contributed by atoms with Gasteiger partial charge in [0.2, 0.25) is 0 Å². The highest BCUT2D eigenvalue weighted by atomic mass is 19.4. The van der Waals surface area contributed by atoms with E-state index in [0.717, 1.165) is 12.1 Å². The zero-order chi connectivity index (χ0) is 16.7. The molecule has 1 aromatic carbocycles. The summed E-state index contributed by atoms with van der Waals surface area (Å²) in [6.07, 6.45) is -3.81. The van der Waals surface area contributed by atoms with Crippen LogP contribution in [0.3, 0.4) is 0 Å². The molecule has 1 nitrogen and oxygen atoms in total. The maximum absolute atomic E-state index is 12.6. The topological polar surface area (TPSA) is 23.9 Å². The van der Waals surface area contributed by atoms with Gasteiger partial charge < -0.3 is 5.41 Å². The van der Waals surface area contributed by atoms with Crippen LogP contribution in [-0.2, 0) is 6.18 Å². The molecule has 1 aliphatic rings. The van der Waals surface area contributed by atoms with Gasteiger partial charge in [-0.15, -0.1) is 0 Å². The largest absolute Gasteiger partial charge is 0.416 e. The Morgan fingerprint density at radius 3 is 1.82 bits per heavy atom. The molecule has 0 atom stereocenters. The third-order valence-electron chi connectivity index (χ3n) is 4.76. The summed E-state index contributed by atoms with van der Waals surface area (Å²) in [5.41, 5.74) is 5.29. The minimum atomic E-state index is -4.33. The van der Waals surface area contributed by atoms with E-state index in [1.807, 2.05) is 0 Å². The van der Waals surface area contributed by atoms with Crippen LogP contribution in [0.2, 0.25) is 0 Å². The first-order chi connectivity index (χ1) is 10.1. The van der Waals surface area contributed by atoms with E-state index in [0.29, 0.717) is 17.7 Å². The molecular formula is C18H20F3N. The fourth-order valence-corrected chi connectivity index (χ4v) is 2.93. The minimum absolute atomic E-state index is 0.190. The molecule has 118 valence electrons. The second-order valence-corrected chi connectivity index (χ2v) is 5.93. The van der Waals surface area contributed by atoms with Crippen LogP contribution in [0.5, 0.6) is 0 Å². The predicted octanol–water partition coefficient (Wildman–Crippen LogP) is 5.77. The van der Waals surface area contributed by atoms with Crippen molar-refractivity contribution in [3.05, 3.63) is 57.7 Å². The monoisotopic (exact) mass is 307 g/mol. The Balaban J connectivity index is 2.17. The summed E-state index contributed by atoms with van der Waals surface area (Å²) >= 11 is 0. The SMILES string of the molecule is CC1=C(C)C(CC(=N)c2ccc(C(F)(F)F)cc2)C(C)=C1C. The molecular weight excluding hydrogens is 287 g/mol. The van der Waals surface area contributed by atoms with Crippen LogP contribution in [0.1, 0.15) is 45.2 Å². The van der Waals surface area contributed by atoms with E-state index < -0.39 is 11.7 Å². The average molecular weight is 307 g/mol. The lowest BCUT2D eigenvalue weighted by atomic mass is 9.89. The van der Waals surface area contributed by atoms with Crippen LogP contribution in [0, 0.1) is 11.3 Å². The molecule has 1 N–H and O–H groups in total. The van der Waals surface area contributed by atoms with Crippen molar-refractivity contribution in [3.8, 4) is 0 Å². The quantitative estimate of drug-likeness (QED) is 0.686. The summed E-state index contributed by atoms with van der Waals surface area (Å²) in [7, 11) is 0. The molecule has 0 bridgehead atoms. The van der Waals surface area contributed by atoms with E-state index in [4.69, 9.17) is 5.41 Å². The van der Waals surface area contributed by atoms with Crippen LogP contribution >= 0.6 is 0 Å². The first-order valence-electron chi connectivity index (χ1n) is 7.23. The van der Waals surface area contributed by atoms with Gasteiger partial charge in [0.15, 0.2) is 0 Å². The Morgan fingerprint density at radius 2 is 1.41 bits per heavy atom. The van der Waals surface area contributed by atoms with E-state index >= 15 is 0 Å². The molecule has 0 saturated heterocycles. The second-order valence-electron chi connectivity index (χ2n) is 5.93. The van der Waals surface area contributed by atoms with Crippen molar-refractivity contribution in [1.82, 2.24) is 0 Å². The number of benzene rings is 1. The molecule has 0 aliphatic heterocycles. The van der Waals surface area contributed by atoms with Crippen LogP contribution in [-0.4, -0.2) is 5.71 Å². The maximum Gasteiger partial charge on any atom is 0.416 e. The minimum Gasteiger partial charge on any atom is -0.305 e. The summed E-state index contributed by atoms with van der Waals surface area (Å²) in [5.74, 6) is 0.190. The van der Waals surface area contributed by atoms with Crippen molar-refractivity contribution in [2.24, 2.45) is 5.92 Å². The molecule has 0 saturated carbocycles. The molecule has 0 spiro atoms. The van der Waals surface area contributed by atoms with E-state index in [1.165, 1.54) is 34.4 Å². The molecule has 22 heavy (non-hydrogen) atoms. The highest BCUT2D eigenvalue weighted by Crippen LogP contribution is 2.39. The second kappa shape index (κ2) is 5.75. The molecule has 0 unspecified atom stereocenters. The van der Waals surface area contributed by atoms with Crippen LogP contribution in [0.25, 0.3) is 0 Å². The zero-order valence-corrected chi connectivity index (χ0v) is 13.2. The Hall–Kier alpha value is -1.84. The van der Waals surface area contributed by atoms with Gasteiger partial charge >= 0.3 is 6.18 Å². The van der Waals surface area contributed by atoms with Gasteiger partial charge in [-0.3, -0.25) is 0 Å². The van der Waals surface area contributed by atoms with Gasteiger partial charge in [0.1, 0.15) is 0 Å². The summed E-state index contributed by atoms with van der Waals surface area (Å²) in [4.78, 5) is 0. The third-order valence-corrected chi connectivity index (χ3v) is 4.76. The lowest BCUT2D eigenvalue weighted by Gasteiger charge is -2.16. The number of hydrogen-bond donors (Lipinski definition) is 1. The maximum atomic E-state index is 12.6. The number of alkyl halides is 3. The predicted molar refractivity (Wildman–Crippen MR) is 83.1 cm³/mol. The summed E-state index contributed by atoms with van der Waals surface area (Å²) in [6, 6.07) is 4.86. The molecule has 0 aromatic heterocycles. The van der Waals surface area contributed by atoms with Crippen molar-refractivity contribution in [1.29, 1.82) is 5.41 Å². The first kappa shape index (κ1) is 16.5. The smallest absolute Gasteiger partial charge is 0.305 e. The molecule has 4 heteroatoms. The van der Waals surface area contributed by atoms with Gasteiger partial charge in [-0.2, -0.15) is 13.2 Å². The normalized spacial score (nSPS) is 16.7. The van der Waals surface area contributed by atoms with E-state index in [1.54, 1.807) is 0 Å². The molecule has 0 radical (unpaired) electrons. The van der Waals surface area contributed by atoms with Crippen LogP contribution in [0.4, 0.5) is 13.2 Å². The molecule has 0 heterocycles. The van der Waals surface area contributed by atoms with Gasteiger partial charge in [0.05, 0.1) is 5.56 Å². The zero-order valence-electron chi connectivity index (χ0n) is 13.2. The third kappa shape index (κ3) is 3.01. The van der Waals surface area contributed by atoms with Crippen LogP contribution < -0.4 is 0 Å². The molecule has 1 aliphatic carbocycles. The summed E-state index contributed by atoms with van der Waals surface area (Å²) < 4.78 is 37.7. The standard InChI is InChI=1S/C18H20F3N/c1-10-11(2)13(4)16(12(10)3)9-17(22)14-5-7-15(8-6-14)18(19,20)21/h5-8,16,22H,9H2,1-4H3. The molecule has 1 aromatic rings. The Morgan fingerprint density at radius 1 is 0.955 bits per heavy atom. The highest BCUT2D eigenvalue weighted by molar-refractivity contribution is 5.98. The van der Waals surface area contributed by atoms with Gasteiger partial charge in [0.25, 0.3) is 0 Å². The lowest BCUT2D eigenvalue weighted by Crippen LogP contribution is -2.11. The van der Waals surface area contributed by atoms with Crippen molar-refractivity contribution in [2.75, 3.05) is 0 Å². The van der Waals surface area contributed by atoms with Gasteiger partial charge in [0, 0.05) is 11.6 Å². The summed E-state index contributed by atoms with van der Waals surface area (Å²) in [6.45, 7) is 8.30. The van der Waals surface area contributed by atoms with Crippen LogP contribution in [0.15, 0.2) is 46.6 Å². The van der Waals surface area contributed by atoms with E-state index in [2.05, 4.69) is 27.7 Å². The van der Waals surface area contributed by atoms with E-state index in [-0.39, 0.29) is 5.92 Å². The molecule has 0 amide bonds. The Bertz CT molecular complexity index is 637. The van der Waals surface area contributed by atoms with Gasteiger partial charge in [-0.25, -0.2) is 0 Å². The number of rotatable bonds is 3. The summed E-state index contributed by atoms with van der Waals surface area (Å²) in [5, 5.41) is 8.21. The number of allylic oxidation sites excluding steroid dienone is 4. The Labute approximate surface area is 129 Å². The van der Waals surface area contributed by atoms with Crippen molar-refractivity contribution < 1.29 is 13.2 Å². The van der Waals surface area contributed by atoms with Crippen molar-refractivity contribution in [2.45, 2.75) is 40.3 Å². The lowest BCUT2D eigenvalue weighted by molar-refractivity contribution is -0.137. The Kier molecular flexibility index (Phi) is 4.32. The van der Waals surface area contributed by atoms with E-state index in [9.17, 15) is 13.2 Å². The molecule has 2 rings (SSSR count).